The molecule has 2 aliphatic rings. The van der Waals surface area contributed by atoms with Gasteiger partial charge in [0.05, 0.1) is 54.1 Å². The minimum absolute atomic E-state index is 0.521. The van der Waals surface area contributed by atoms with Gasteiger partial charge in [-0.25, -0.2) is 9.97 Å². The zero-order chi connectivity index (χ0) is 20.2. The quantitative estimate of drug-likeness (QED) is 0.655. The Morgan fingerprint density at radius 1 is 1.14 bits per heavy atom. The van der Waals surface area contributed by atoms with Gasteiger partial charge in [0.25, 0.3) is 0 Å². The summed E-state index contributed by atoms with van der Waals surface area (Å²) in [5.74, 6) is 3.72. The number of piperidine rings is 1. The van der Waals surface area contributed by atoms with Crippen molar-refractivity contribution in [1.29, 1.82) is 0 Å². The van der Waals surface area contributed by atoms with E-state index in [0.717, 1.165) is 48.1 Å². The van der Waals surface area contributed by atoms with E-state index >= 15 is 0 Å². The molecule has 1 aliphatic heterocycles. The molecule has 2 fully saturated rings. The van der Waals surface area contributed by atoms with Crippen molar-refractivity contribution >= 4 is 16.7 Å². The van der Waals surface area contributed by atoms with Crippen LogP contribution in [0.4, 0.5) is 5.95 Å². The van der Waals surface area contributed by atoms with Crippen LogP contribution in [0.5, 0.6) is 5.75 Å². The van der Waals surface area contributed by atoms with Crippen molar-refractivity contribution in [3.8, 4) is 5.75 Å². The fraction of sp³-hybridized carbons (Fsp3) is 0.571. The van der Waals surface area contributed by atoms with Gasteiger partial charge >= 0.3 is 0 Å². The SMILES string of the molecule is COc1cnc(N2CCC(C3CC3COCc3ccc(S(C)=O)cn3)CC2)nc1. The van der Waals surface area contributed by atoms with E-state index in [1.54, 1.807) is 32.0 Å². The van der Waals surface area contributed by atoms with Crippen LogP contribution in [0, 0.1) is 17.8 Å². The lowest BCUT2D eigenvalue weighted by molar-refractivity contribution is 0.102. The highest BCUT2D eigenvalue weighted by Gasteiger charge is 2.43. The summed E-state index contributed by atoms with van der Waals surface area (Å²) in [5, 5.41) is 0. The van der Waals surface area contributed by atoms with Crippen molar-refractivity contribution in [2.24, 2.45) is 17.8 Å². The zero-order valence-electron chi connectivity index (χ0n) is 17.0. The van der Waals surface area contributed by atoms with Crippen molar-refractivity contribution in [2.75, 3.05) is 38.0 Å². The Morgan fingerprint density at radius 3 is 2.52 bits per heavy atom. The maximum Gasteiger partial charge on any atom is 0.225 e. The van der Waals surface area contributed by atoms with Crippen LogP contribution in [0.2, 0.25) is 0 Å². The fourth-order valence-electron chi connectivity index (χ4n) is 4.13. The molecule has 2 aromatic rings. The Labute approximate surface area is 174 Å². The van der Waals surface area contributed by atoms with Crippen LogP contribution in [-0.2, 0) is 22.1 Å². The van der Waals surface area contributed by atoms with E-state index in [9.17, 15) is 4.21 Å². The second kappa shape index (κ2) is 9.17. The number of rotatable bonds is 8. The van der Waals surface area contributed by atoms with Crippen molar-refractivity contribution in [2.45, 2.75) is 30.8 Å². The second-order valence-electron chi connectivity index (χ2n) is 7.86. The summed E-state index contributed by atoms with van der Waals surface area (Å²) in [4.78, 5) is 16.2. The molecule has 29 heavy (non-hydrogen) atoms. The topological polar surface area (TPSA) is 77.4 Å². The third kappa shape index (κ3) is 5.11. The molecule has 1 saturated heterocycles. The molecule has 0 N–H and O–H groups in total. The Morgan fingerprint density at radius 2 is 1.90 bits per heavy atom. The van der Waals surface area contributed by atoms with Crippen molar-refractivity contribution in [3.05, 3.63) is 36.4 Å². The third-order valence-electron chi connectivity index (χ3n) is 5.97. The second-order valence-corrected chi connectivity index (χ2v) is 9.24. The molecule has 0 aromatic carbocycles. The number of ether oxygens (including phenoxy) is 2. The Kier molecular flexibility index (Phi) is 6.40. The van der Waals surface area contributed by atoms with Gasteiger partial charge < -0.3 is 14.4 Å². The summed E-state index contributed by atoms with van der Waals surface area (Å²) in [6.07, 6.45) is 10.4. The third-order valence-corrected chi connectivity index (χ3v) is 6.87. The molecule has 3 atom stereocenters. The molecular weight excluding hydrogens is 388 g/mol. The molecule has 7 nitrogen and oxygen atoms in total. The summed E-state index contributed by atoms with van der Waals surface area (Å²) < 4.78 is 22.4. The highest BCUT2D eigenvalue weighted by atomic mass is 32.2. The van der Waals surface area contributed by atoms with E-state index in [1.807, 2.05) is 12.1 Å². The highest BCUT2D eigenvalue weighted by molar-refractivity contribution is 7.84. The van der Waals surface area contributed by atoms with E-state index in [2.05, 4.69) is 19.9 Å². The number of nitrogens with zero attached hydrogens (tertiary/aromatic N) is 4. The Balaban J connectivity index is 1.17. The largest absolute Gasteiger partial charge is 0.494 e. The molecule has 1 saturated carbocycles. The van der Waals surface area contributed by atoms with Gasteiger partial charge in [0.2, 0.25) is 5.95 Å². The van der Waals surface area contributed by atoms with Crippen LogP contribution in [0.3, 0.4) is 0 Å². The van der Waals surface area contributed by atoms with Crippen LogP contribution >= 0.6 is 0 Å². The standard InChI is InChI=1S/C21H28N4O3S/c1-27-18-10-23-21(24-11-18)25-7-5-15(6-8-25)20-9-16(20)13-28-14-17-3-4-19(12-22-17)29(2)26/h3-4,10-12,15-16,20H,5-9,13-14H2,1-2H3. The predicted octanol–water partition coefficient (Wildman–Crippen LogP) is 2.69. The molecule has 3 unspecified atom stereocenters. The first-order valence-electron chi connectivity index (χ1n) is 10.1. The highest BCUT2D eigenvalue weighted by Crippen LogP contribution is 2.48. The number of pyridine rings is 1. The minimum Gasteiger partial charge on any atom is -0.494 e. The van der Waals surface area contributed by atoms with Crippen LogP contribution in [0.1, 0.15) is 25.0 Å². The van der Waals surface area contributed by atoms with E-state index < -0.39 is 10.8 Å². The van der Waals surface area contributed by atoms with Gasteiger partial charge in [-0.1, -0.05) is 0 Å². The molecule has 0 amide bonds. The molecule has 8 heteroatoms. The van der Waals surface area contributed by atoms with E-state index in [0.29, 0.717) is 18.3 Å². The molecule has 0 radical (unpaired) electrons. The van der Waals surface area contributed by atoms with Gasteiger partial charge in [-0.05, 0) is 49.1 Å². The molecule has 2 aromatic heterocycles. The smallest absolute Gasteiger partial charge is 0.225 e. The maximum atomic E-state index is 11.4. The van der Waals surface area contributed by atoms with E-state index in [-0.39, 0.29) is 0 Å². The minimum atomic E-state index is -0.985. The maximum absolute atomic E-state index is 11.4. The monoisotopic (exact) mass is 416 g/mol. The van der Waals surface area contributed by atoms with Crippen molar-refractivity contribution in [1.82, 2.24) is 15.0 Å². The van der Waals surface area contributed by atoms with Crippen molar-refractivity contribution in [3.63, 3.8) is 0 Å². The van der Waals surface area contributed by atoms with Gasteiger partial charge in [0.15, 0.2) is 5.75 Å². The molecule has 1 aliphatic carbocycles. The molecule has 0 spiro atoms. The first kappa shape index (κ1) is 20.2. The number of aromatic nitrogens is 3. The van der Waals surface area contributed by atoms with Gasteiger partial charge in [-0.2, -0.15) is 0 Å². The predicted molar refractivity (Wildman–Crippen MR) is 111 cm³/mol. The average molecular weight is 417 g/mol. The summed E-state index contributed by atoms with van der Waals surface area (Å²) in [6.45, 7) is 3.34. The van der Waals surface area contributed by atoms with Crippen LogP contribution in [-0.4, -0.2) is 52.2 Å². The first-order chi connectivity index (χ1) is 14.1. The van der Waals surface area contributed by atoms with Crippen LogP contribution < -0.4 is 9.64 Å². The lowest BCUT2D eigenvalue weighted by atomic mass is 9.91. The number of anilines is 1. The summed E-state index contributed by atoms with van der Waals surface area (Å²) in [5.41, 5.74) is 0.893. The van der Waals surface area contributed by atoms with Crippen LogP contribution in [0.25, 0.3) is 0 Å². The fourth-order valence-corrected chi connectivity index (χ4v) is 4.59. The van der Waals surface area contributed by atoms with E-state index in [1.165, 1.54) is 19.3 Å². The summed E-state index contributed by atoms with van der Waals surface area (Å²) in [6, 6.07) is 3.76. The lowest BCUT2D eigenvalue weighted by Crippen LogP contribution is -2.35. The summed E-state index contributed by atoms with van der Waals surface area (Å²) >= 11 is 0. The summed E-state index contributed by atoms with van der Waals surface area (Å²) in [7, 11) is 0.642. The van der Waals surface area contributed by atoms with Crippen LogP contribution in [0.15, 0.2) is 35.6 Å². The van der Waals surface area contributed by atoms with Gasteiger partial charge in [0, 0.05) is 25.5 Å². The van der Waals surface area contributed by atoms with Gasteiger partial charge in [-0.3, -0.25) is 9.19 Å². The van der Waals surface area contributed by atoms with Gasteiger partial charge in [-0.15, -0.1) is 0 Å². The Hall–Kier alpha value is -2.06. The normalized spacial score (nSPS) is 23.0. The number of methoxy groups -OCH3 is 1. The lowest BCUT2D eigenvalue weighted by Gasteiger charge is -2.32. The zero-order valence-corrected chi connectivity index (χ0v) is 17.8. The number of hydrogen-bond acceptors (Lipinski definition) is 7. The molecule has 4 rings (SSSR count). The van der Waals surface area contributed by atoms with Crippen molar-refractivity contribution < 1.29 is 13.7 Å². The van der Waals surface area contributed by atoms with Gasteiger partial charge in [0.1, 0.15) is 0 Å². The number of hydrogen-bond donors (Lipinski definition) is 0. The molecular formula is C21H28N4O3S. The molecule has 156 valence electrons. The average Bonchev–Trinajstić information content (AvgIpc) is 3.54. The molecule has 3 heterocycles. The first-order valence-corrected chi connectivity index (χ1v) is 11.7. The Bertz CT molecular complexity index is 823. The molecule has 0 bridgehead atoms. The van der Waals surface area contributed by atoms with E-state index in [4.69, 9.17) is 9.47 Å².